The molecule has 1 unspecified atom stereocenters. The van der Waals surface area contributed by atoms with Crippen molar-refractivity contribution < 1.29 is 22.6 Å². The van der Waals surface area contributed by atoms with Crippen LogP contribution in [0.4, 0.5) is 18.0 Å². The largest absolute Gasteiger partial charge is 0.453 e. The second-order valence-electron chi connectivity index (χ2n) is 6.40. The number of rotatable bonds is 5. The number of amides is 2. The molecule has 0 saturated heterocycles. The van der Waals surface area contributed by atoms with Gasteiger partial charge in [0.15, 0.2) is 6.67 Å². The van der Waals surface area contributed by atoms with Crippen molar-refractivity contribution in [3.05, 3.63) is 59.4 Å². The van der Waals surface area contributed by atoms with Gasteiger partial charge in [0, 0.05) is 5.56 Å². The first kappa shape index (κ1) is 18.1. The van der Waals surface area contributed by atoms with Gasteiger partial charge in [-0.25, -0.2) is 18.5 Å². The van der Waals surface area contributed by atoms with E-state index in [0.29, 0.717) is 16.7 Å². The Morgan fingerprint density at radius 3 is 2.54 bits per heavy atom. The van der Waals surface area contributed by atoms with Crippen molar-refractivity contribution in [2.24, 2.45) is 5.10 Å². The van der Waals surface area contributed by atoms with Gasteiger partial charge in [-0.15, -0.1) is 0 Å². The Balaban J connectivity index is 1.96. The normalized spacial score (nSPS) is 19.8. The lowest BCUT2D eigenvalue weighted by atomic mass is 9.99. The molecule has 0 fully saturated rings. The molecule has 26 heavy (non-hydrogen) atoms. The van der Waals surface area contributed by atoms with Crippen LogP contribution in [-0.2, 0) is 6.54 Å². The molecule has 0 N–H and O–H groups in total. The maximum Gasteiger partial charge on any atom is 0.453 e. The van der Waals surface area contributed by atoms with Gasteiger partial charge >= 0.3 is 6.03 Å². The minimum atomic E-state index is -1.05. The number of halogens is 3. The summed E-state index contributed by atoms with van der Waals surface area (Å²) in [5.41, 5.74) is 2.66. The van der Waals surface area contributed by atoms with Gasteiger partial charge in [-0.2, -0.15) is 4.39 Å². The first-order valence-corrected chi connectivity index (χ1v) is 8.12. The molecule has 1 heterocycles. The van der Waals surface area contributed by atoms with Crippen molar-refractivity contribution >= 4 is 11.9 Å². The third-order valence-corrected chi connectivity index (χ3v) is 4.51. The molecule has 7 heteroatoms. The molecule has 1 aliphatic rings. The molecule has 0 aromatic heterocycles. The van der Waals surface area contributed by atoms with E-state index in [4.69, 9.17) is 0 Å². The third kappa shape index (κ3) is 3.10. The number of hydrogen-bond acceptors (Lipinski definition) is 2. The second-order valence-corrected chi connectivity index (χ2v) is 6.40. The monoisotopic (exact) mass is 362 g/mol. The highest BCUT2D eigenvalue weighted by molar-refractivity contribution is 5.98. The summed E-state index contributed by atoms with van der Waals surface area (Å²) in [5, 5.41) is 3.86. The summed E-state index contributed by atoms with van der Waals surface area (Å²) >= 11 is 0. The van der Waals surface area contributed by atoms with Crippen LogP contribution >= 0.6 is 0 Å². The Kier molecular flexibility index (Phi) is 4.82. The van der Waals surface area contributed by atoms with Crippen LogP contribution in [0.1, 0.15) is 11.1 Å². The Hall–Kier alpha value is -2.67. The summed E-state index contributed by atoms with van der Waals surface area (Å²) in [6, 6.07) is 11.1. The maximum atomic E-state index is 14.1. The zero-order valence-electron chi connectivity index (χ0n) is 14.5. The maximum absolute atomic E-state index is 14.1. The molecule has 2 aromatic carbocycles. The minimum absolute atomic E-state index is 0.0452. The van der Waals surface area contributed by atoms with Crippen LogP contribution in [0.5, 0.6) is 0 Å². The number of alkyl halides is 2. The van der Waals surface area contributed by atoms with Crippen LogP contribution in [0.25, 0.3) is 11.1 Å². The predicted octanol–water partition coefficient (Wildman–Crippen LogP) is 4.39. The molecular weight excluding hydrogens is 343 g/mol. The third-order valence-electron chi connectivity index (χ3n) is 4.51. The number of nitrogens with zero attached hydrogens (tertiary/aromatic N) is 3. The van der Waals surface area contributed by atoms with E-state index < -0.39 is 24.1 Å². The molecule has 2 aromatic rings. The standard InChI is InChI=1S/C19H19F3N3O/c1-13-7-8-14(16-5-3-4-6-17(16)22)9-15(13)11-24-18(10-20)23-25(2,12-21)19(24)26/h3-9H,10-12H2,1-2H3/q+1. The van der Waals surface area contributed by atoms with Crippen LogP contribution in [0, 0.1) is 12.7 Å². The quantitative estimate of drug-likeness (QED) is 0.573. The fourth-order valence-electron chi connectivity index (χ4n) is 2.93. The fraction of sp³-hybridized carbons (Fsp3) is 0.263. The smallest absolute Gasteiger partial charge is 0.242 e. The number of benzene rings is 2. The Labute approximate surface area is 149 Å². The van der Waals surface area contributed by atoms with E-state index in [0.717, 1.165) is 10.5 Å². The number of aryl methyl sites for hydroxylation is 1. The SMILES string of the molecule is Cc1ccc(-c2ccccc2F)cc1CN1C(=O)[N+](C)(CF)N=C1CF. The molecule has 2 amide bonds. The van der Waals surface area contributed by atoms with E-state index in [-0.39, 0.29) is 18.2 Å². The highest BCUT2D eigenvalue weighted by Gasteiger charge is 2.46. The summed E-state index contributed by atoms with van der Waals surface area (Å²) in [4.78, 5) is 13.6. The van der Waals surface area contributed by atoms with Gasteiger partial charge in [0.05, 0.1) is 6.54 Å². The first-order chi connectivity index (χ1) is 12.4. The fourth-order valence-corrected chi connectivity index (χ4v) is 2.93. The van der Waals surface area contributed by atoms with E-state index in [1.807, 2.05) is 13.0 Å². The van der Waals surface area contributed by atoms with Gasteiger partial charge in [0.25, 0.3) is 6.80 Å². The predicted molar refractivity (Wildman–Crippen MR) is 93.1 cm³/mol. The molecule has 1 aliphatic heterocycles. The van der Waals surface area contributed by atoms with Gasteiger partial charge in [0.1, 0.15) is 12.9 Å². The number of urea groups is 1. The van der Waals surface area contributed by atoms with Crippen molar-refractivity contribution in [1.82, 2.24) is 4.90 Å². The molecular formula is C19H19F3N3O+. The molecule has 0 radical (unpaired) electrons. The van der Waals surface area contributed by atoms with Crippen molar-refractivity contribution in [3.8, 4) is 11.1 Å². The highest BCUT2D eigenvalue weighted by Crippen LogP contribution is 2.28. The molecule has 0 spiro atoms. The summed E-state index contributed by atoms with van der Waals surface area (Å²) in [6.07, 6.45) is 0. The zero-order valence-corrected chi connectivity index (χ0v) is 14.5. The molecule has 4 nitrogen and oxygen atoms in total. The van der Waals surface area contributed by atoms with Crippen LogP contribution in [-0.4, -0.2) is 41.9 Å². The van der Waals surface area contributed by atoms with E-state index in [9.17, 15) is 18.0 Å². The highest BCUT2D eigenvalue weighted by atomic mass is 19.1. The molecule has 0 saturated carbocycles. The number of amidine groups is 1. The summed E-state index contributed by atoms with van der Waals surface area (Å²) in [7, 11) is 1.29. The van der Waals surface area contributed by atoms with Crippen LogP contribution in [0.15, 0.2) is 47.6 Å². The first-order valence-electron chi connectivity index (χ1n) is 8.12. The zero-order chi connectivity index (χ0) is 18.9. The number of quaternary nitrogens is 1. The Morgan fingerprint density at radius 2 is 1.88 bits per heavy atom. The topological polar surface area (TPSA) is 32.7 Å². The van der Waals surface area contributed by atoms with Crippen LogP contribution < -0.4 is 0 Å². The average molecular weight is 362 g/mol. The van der Waals surface area contributed by atoms with Gasteiger partial charge in [0.2, 0.25) is 5.84 Å². The number of carbonyl (C=O) groups excluding carboxylic acids is 1. The molecule has 1 atom stereocenters. The van der Waals surface area contributed by atoms with Crippen molar-refractivity contribution in [3.63, 3.8) is 0 Å². The summed E-state index contributed by atoms with van der Waals surface area (Å²) < 4.78 is 39.7. The molecule has 3 rings (SSSR count). The lowest BCUT2D eigenvalue weighted by molar-refractivity contribution is -0.848. The van der Waals surface area contributed by atoms with Crippen LogP contribution in [0.2, 0.25) is 0 Å². The number of carbonyl (C=O) groups is 1. The van der Waals surface area contributed by atoms with E-state index in [1.54, 1.807) is 30.3 Å². The number of hydrogen-bond donors (Lipinski definition) is 0. The Bertz CT molecular complexity index is 884. The van der Waals surface area contributed by atoms with Crippen LogP contribution in [0.3, 0.4) is 0 Å². The lowest BCUT2D eigenvalue weighted by Crippen LogP contribution is -2.46. The van der Waals surface area contributed by atoms with Crippen molar-refractivity contribution in [2.75, 3.05) is 20.5 Å². The lowest BCUT2D eigenvalue weighted by Gasteiger charge is -2.20. The molecule has 0 aliphatic carbocycles. The second kappa shape index (κ2) is 6.92. The van der Waals surface area contributed by atoms with E-state index in [2.05, 4.69) is 5.10 Å². The van der Waals surface area contributed by atoms with E-state index >= 15 is 0 Å². The minimum Gasteiger partial charge on any atom is -0.242 e. The van der Waals surface area contributed by atoms with Crippen molar-refractivity contribution in [2.45, 2.75) is 13.5 Å². The molecule has 0 bridgehead atoms. The van der Waals surface area contributed by atoms with Gasteiger partial charge < -0.3 is 0 Å². The molecule has 136 valence electrons. The van der Waals surface area contributed by atoms with Crippen molar-refractivity contribution in [1.29, 1.82) is 0 Å². The average Bonchev–Trinajstić information content (AvgIpc) is 2.89. The Morgan fingerprint density at radius 1 is 1.15 bits per heavy atom. The summed E-state index contributed by atoms with van der Waals surface area (Å²) in [5.74, 6) is -0.460. The van der Waals surface area contributed by atoms with E-state index in [1.165, 1.54) is 13.1 Å². The summed E-state index contributed by atoms with van der Waals surface area (Å²) in [6.45, 7) is -0.126. The van der Waals surface area contributed by atoms with Gasteiger partial charge in [-0.05, 0) is 35.7 Å². The van der Waals surface area contributed by atoms with Gasteiger partial charge in [-0.3, -0.25) is 0 Å². The van der Waals surface area contributed by atoms with Gasteiger partial charge in [-0.1, -0.05) is 40.0 Å².